The van der Waals surface area contributed by atoms with Crippen molar-refractivity contribution in [2.45, 2.75) is 51.9 Å². The molecule has 1 N–H and O–H groups in total. The molecule has 1 aliphatic heterocycles. The first-order chi connectivity index (χ1) is 10.5. The van der Waals surface area contributed by atoms with Gasteiger partial charge in [0.2, 0.25) is 0 Å². The maximum atomic E-state index is 12.8. The first kappa shape index (κ1) is 18.1. The summed E-state index contributed by atoms with van der Waals surface area (Å²) < 4.78 is 24.4. The summed E-state index contributed by atoms with van der Waals surface area (Å²) >= 11 is 0. The highest BCUT2D eigenvalue weighted by Gasteiger charge is 2.50. The molecule has 0 spiro atoms. The van der Waals surface area contributed by atoms with Gasteiger partial charge >= 0.3 is 0 Å². The van der Waals surface area contributed by atoms with Crippen LogP contribution in [0.4, 0.5) is 0 Å². The third-order valence-electron chi connectivity index (χ3n) is 5.53. The Hall–Kier alpha value is -1.20. The molecular weight excluding hydrogens is 312 g/mol. The van der Waals surface area contributed by atoms with Crippen molar-refractivity contribution in [1.29, 1.82) is 0 Å². The van der Waals surface area contributed by atoms with Gasteiger partial charge in [0.15, 0.2) is 15.6 Å². The number of rotatable bonds is 4. The Kier molecular flexibility index (Phi) is 4.75. The average Bonchev–Trinajstić information content (AvgIpc) is 2.71. The van der Waals surface area contributed by atoms with E-state index in [1.165, 1.54) is 0 Å². The van der Waals surface area contributed by atoms with Gasteiger partial charge in [-0.05, 0) is 52.0 Å². The van der Waals surface area contributed by atoms with E-state index in [9.17, 15) is 18.3 Å². The average molecular weight is 338 g/mol. The van der Waals surface area contributed by atoms with E-state index in [4.69, 9.17) is 0 Å². The van der Waals surface area contributed by atoms with E-state index >= 15 is 0 Å². The predicted octanol–water partition coefficient (Wildman–Crippen LogP) is 2.60. The zero-order valence-electron chi connectivity index (χ0n) is 14.3. The smallest absolute Gasteiger partial charge is 0.167 e. The van der Waals surface area contributed by atoms with E-state index < -0.39 is 26.6 Å². The first-order valence-electron chi connectivity index (χ1n) is 7.95. The van der Waals surface area contributed by atoms with Gasteiger partial charge in [0.1, 0.15) is 0 Å². The second-order valence-corrected chi connectivity index (χ2v) is 9.38. The molecule has 4 nitrogen and oxygen atoms in total. The fourth-order valence-electron chi connectivity index (χ4n) is 3.87. The van der Waals surface area contributed by atoms with E-state index in [0.717, 1.165) is 11.1 Å². The number of carbonyl (C=O) groups excluding carboxylic acids is 1. The minimum Gasteiger partial charge on any atom is -0.392 e. The summed E-state index contributed by atoms with van der Waals surface area (Å²) in [6.45, 7) is 11.1. The van der Waals surface area contributed by atoms with Crippen LogP contribution in [-0.2, 0) is 14.6 Å². The van der Waals surface area contributed by atoms with Crippen molar-refractivity contribution in [1.82, 2.24) is 0 Å². The predicted molar refractivity (Wildman–Crippen MR) is 91.7 cm³/mol. The van der Waals surface area contributed by atoms with Crippen LogP contribution in [0, 0.1) is 11.3 Å². The minimum atomic E-state index is -3.27. The molecule has 2 aliphatic rings. The quantitative estimate of drug-likeness (QED) is 0.800. The molecule has 0 aromatic rings. The van der Waals surface area contributed by atoms with Crippen molar-refractivity contribution in [3.8, 4) is 0 Å². The molecule has 1 unspecified atom stereocenters. The molecule has 0 amide bonds. The second kappa shape index (κ2) is 6.02. The Balaban J connectivity index is 2.36. The standard InChI is InChI=1S/C18H26O4S/c1-11(2)14-7-6-13(4)17(20)18(14,5)16(19)10-15-12(3)8-9-23(15,21)22/h6,8,14-16,19H,1,7,9-10H2,2-5H3/t14-,15?,16+,18+/m1/s1. The Bertz CT molecular complexity index is 699. The third-order valence-corrected chi connectivity index (χ3v) is 7.60. The van der Waals surface area contributed by atoms with Crippen molar-refractivity contribution in [2.24, 2.45) is 11.3 Å². The van der Waals surface area contributed by atoms with Crippen molar-refractivity contribution in [3.05, 3.63) is 35.5 Å². The molecule has 0 saturated heterocycles. The molecule has 1 heterocycles. The molecule has 5 heteroatoms. The van der Waals surface area contributed by atoms with Gasteiger partial charge in [0, 0.05) is 0 Å². The van der Waals surface area contributed by atoms with Crippen LogP contribution in [0.1, 0.15) is 40.5 Å². The van der Waals surface area contributed by atoms with Crippen molar-refractivity contribution >= 4 is 15.6 Å². The lowest BCUT2D eigenvalue weighted by Crippen LogP contribution is -2.50. The van der Waals surface area contributed by atoms with Crippen molar-refractivity contribution in [2.75, 3.05) is 5.75 Å². The Morgan fingerprint density at radius 3 is 2.52 bits per heavy atom. The normalized spacial score (nSPS) is 34.7. The van der Waals surface area contributed by atoms with Gasteiger partial charge in [-0.1, -0.05) is 29.9 Å². The van der Waals surface area contributed by atoms with Gasteiger partial charge in [-0.2, -0.15) is 0 Å². The molecule has 0 aromatic heterocycles. The van der Waals surface area contributed by atoms with Crippen molar-refractivity contribution in [3.63, 3.8) is 0 Å². The lowest BCUT2D eigenvalue weighted by molar-refractivity contribution is -0.135. The molecule has 0 saturated carbocycles. The number of aliphatic hydroxyl groups excluding tert-OH is 1. The summed E-state index contributed by atoms with van der Waals surface area (Å²) in [5.41, 5.74) is 1.20. The van der Waals surface area contributed by atoms with E-state index in [0.29, 0.717) is 12.0 Å². The Morgan fingerprint density at radius 1 is 1.43 bits per heavy atom. The minimum absolute atomic E-state index is 0.0176. The first-order valence-corrected chi connectivity index (χ1v) is 9.66. The zero-order chi connectivity index (χ0) is 17.6. The van der Waals surface area contributed by atoms with E-state index in [2.05, 4.69) is 6.58 Å². The number of ketones is 1. The molecular formula is C18H26O4S. The lowest BCUT2D eigenvalue weighted by Gasteiger charge is -2.43. The Labute approximate surface area is 138 Å². The fraction of sp³-hybridized carbons (Fsp3) is 0.611. The number of hydrogen-bond donors (Lipinski definition) is 1. The van der Waals surface area contributed by atoms with Gasteiger partial charge in [-0.25, -0.2) is 8.42 Å². The third kappa shape index (κ3) is 2.96. The fourth-order valence-corrected chi connectivity index (χ4v) is 5.74. The van der Waals surface area contributed by atoms with Crippen LogP contribution in [0.5, 0.6) is 0 Å². The lowest BCUT2D eigenvalue weighted by atomic mass is 9.61. The molecule has 4 atom stereocenters. The summed E-state index contributed by atoms with van der Waals surface area (Å²) in [5, 5.41) is 10.2. The van der Waals surface area contributed by atoms with Gasteiger partial charge < -0.3 is 5.11 Å². The molecule has 0 bridgehead atoms. The summed E-state index contributed by atoms with van der Waals surface area (Å²) in [5.74, 6) is -0.271. The highest BCUT2D eigenvalue weighted by molar-refractivity contribution is 7.92. The van der Waals surface area contributed by atoms with Crippen LogP contribution >= 0.6 is 0 Å². The molecule has 1 aliphatic carbocycles. The Morgan fingerprint density at radius 2 is 2.04 bits per heavy atom. The van der Waals surface area contributed by atoms with Crippen LogP contribution in [0.15, 0.2) is 35.5 Å². The number of hydrogen-bond acceptors (Lipinski definition) is 4. The van der Waals surface area contributed by atoms with Gasteiger partial charge in [-0.3, -0.25) is 4.79 Å². The van der Waals surface area contributed by atoms with Crippen LogP contribution in [0.2, 0.25) is 0 Å². The topological polar surface area (TPSA) is 71.4 Å². The maximum absolute atomic E-state index is 12.8. The van der Waals surface area contributed by atoms with Gasteiger partial charge in [-0.15, -0.1) is 0 Å². The summed E-state index contributed by atoms with van der Waals surface area (Å²) in [6, 6.07) is 0. The van der Waals surface area contributed by atoms with Crippen LogP contribution in [0.25, 0.3) is 0 Å². The second-order valence-electron chi connectivity index (χ2n) is 7.15. The molecule has 2 rings (SSSR count). The maximum Gasteiger partial charge on any atom is 0.167 e. The number of aliphatic hydroxyl groups is 1. The SMILES string of the molecule is C=C(C)[C@H]1CC=C(C)C(=O)[C@]1(C)[C@@H](O)CC1C(C)=CCS1(=O)=O. The highest BCUT2D eigenvalue weighted by atomic mass is 32.2. The van der Waals surface area contributed by atoms with Crippen LogP contribution in [-0.4, -0.2) is 36.4 Å². The number of Topliss-reactive ketones (excluding diaryl/α,β-unsaturated/α-hetero) is 1. The molecule has 128 valence electrons. The molecule has 23 heavy (non-hydrogen) atoms. The summed E-state index contributed by atoms with van der Waals surface area (Å²) in [7, 11) is -3.27. The van der Waals surface area contributed by atoms with Gasteiger partial charge in [0.05, 0.1) is 22.5 Å². The molecule has 0 radical (unpaired) electrons. The molecule has 0 aromatic carbocycles. The van der Waals surface area contributed by atoms with Crippen LogP contribution in [0.3, 0.4) is 0 Å². The van der Waals surface area contributed by atoms with E-state index in [1.807, 2.05) is 13.0 Å². The van der Waals surface area contributed by atoms with E-state index in [-0.39, 0.29) is 23.9 Å². The molecule has 0 fully saturated rings. The number of sulfone groups is 1. The number of allylic oxidation sites excluding steroid dienone is 3. The van der Waals surface area contributed by atoms with E-state index in [1.54, 1.807) is 26.8 Å². The van der Waals surface area contributed by atoms with Gasteiger partial charge in [0.25, 0.3) is 0 Å². The zero-order valence-corrected chi connectivity index (χ0v) is 15.1. The largest absolute Gasteiger partial charge is 0.392 e. The summed E-state index contributed by atoms with van der Waals surface area (Å²) in [4.78, 5) is 12.8. The monoisotopic (exact) mass is 338 g/mol. The number of carbonyl (C=O) groups is 1. The van der Waals surface area contributed by atoms with Crippen LogP contribution < -0.4 is 0 Å². The summed E-state index contributed by atoms with van der Waals surface area (Å²) in [6.07, 6.45) is 3.25. The van der Waals surface area contributed by atoms with Crippen molar-refractivity contribution < 1.29 is 18.3 Å². The highest BCUT2D eigenvalue weighted by Crippen LogP contribution is 2.46.